The predicted molar refractivity (Wildman–Crippen MR) is 150 cm³/mol. The maximum absolute atomic E-state index is 13.5. The molecule has 3 N–H and O–H groups in total. The highest BCUT2D eigenvalue weighted by molar-refractivity contribution is 6.00. The Hall–Kier alpha value is -2.45. The Morgan fingerprint density at radius 1 is 1.13 bits per heavy atom. The summed E-state index contributed by atoms with van der Waals surface area (Å²) in [5.74, 6) is -0.00271. The quantitative estimate of drug-likeness (QED) is 0.557. The molecule has 0 aliphatic carbocycles. The van der Waals surface area contributed by atoms with E-state index in [9.17, 15) is 14.7 Å². The van der Waals surface area contributed by atoms with Crippen LogP contribution in [0.3, 0.4) is 0 Å². The minimum atomic E-state index is -0.664. The average molecular weight is 539 g/mol. The smallest absolute Gasteiger partial charge is 0.254 e. The first-order valence-electron chi connectivity index (χ1n) is 13.7. The van der Waals surface area contributed by atoms with E-state index in [1.807, 2.05) is 35.2 Å². The normalized spacial score (nSPS) is 26.6. The van der Waals surface area contributed by atoms with E-state index >= 15 is 0 Å². The third-order valence-corrected chi connectivity index (χ3v) is 9.14. The Kier molecular flexibility index (Phi) is 7.33. The number of carbonyl (C=O) groups is 2. The van der Waals surface area contributed by atoms with E-state index < -0.39 is 6.10 Å². The van der Waals surface area contributed by atoms with Crippen LogP contribution in [0.15, 0.2) is 42.5 Å². The number of likely N-dealkylation sites (tertiary alicyclic amines) is 1. The third-order valence-electron chi connectivity index (χ3n) is 9.14. The highest BCUT2D eigenvalue weighted by Gasteiger charge is 2.43. The second-order valence-corrected chi connectivity index (χ2v) is 12.3. The van der Waals surface area contributed by atoms with Crippen LogP contribution in [0.1, 0.15) is 64.1 Å². The molecule has 4 heterocycles. The monoisotopic (exact) mass is 538 g/mol. The topological polar surface area (TPSA) is 84.9 Å². The number of aliphatic hydroxyl groups excluding tert-OH is 1. The van der Waals surface area contributed by atoms with Gasteiger partial charge in [-0.25, -0.2) is 0 Å². The van der Waals surface area contributed by atoms with Crippen molar-refractivity contribution in [2.75, 3.05) is 39.3 Å². The molecule has 2 aromatic carbocycles. The summed E-state index contributed by atoms with van der Waals surface area (Å²) in [7, 11) is 0. The van der Waals surface area contributed by atoms with Crippen LogP contribution in [0.4, 0.5) is 0 Å². The second kappa shape index (κ2) is 10.3. The molecule has 38 heavy (non-hydrogen) atoms. The van der Waals surface area contributed by atoms with Crippen molar-refractivity contribution in [2.45, 2.75) is 57.2 Å². The summed E-state index contributed by atoms with van der Waals surface area (Å²) in [5, 5.41) is 18.0. The number of carbonyl (C=O) groups excluding carboxylic acids is 2. The maximum Gasteiger partial charge on any atom is 0.254 e. The number of hydrogen-bond acceptors (Lipinski definition) is 5. The van der Waals surface area contributed by atoms with E-state index in [0.29, 0.717) is 17.7 Å². The van der Waals surface area contributed by atoms with Crippen molar-refractivity contribution in [1.82, 2.24) is 20.4 Å². The molecule has 4 aliphatic rings. The molecule has 1 unspecified atom stereocenters. The molecule has 0 radical (unpaired) electrons. The lowest BCUT2D eigenvalue weighted by Gasteiger charge is -2.41. The van der Waals surface area contributed by atoms with Gasteiger partial charge in [-0.1, -0.05) is 38.1 Å². The maximum atomic E-state index is 13.5. The molecular weight excluding hydrogens is 500 g/mol. The Morgan fingerprint density at radius 2 is 1.92 bits per heavy atom. The molecule has 1 spiro atoms. The van der Waals surface area contributed by atoms with Crippen LogP contribution >= 0.6 is 12.4 Å². The number of nitrogens with one attached hydrogen (secondary N) is 2. The van der Waals surface area contributed by atoms with Crippen LogP contribution in [-0.2, 0) is 18.4 Å². The first-order valence-corrected chi connectivity index (χ1v) is 13.7. The molecule has 0 bridgehead atoms. The van der Waals surface area contributed by atoms with Crippen molar-refractivity contribution in [3.05, 3.63) is 70.3 Å². The molecule has 6 rings (SSSR count). The van der Waals surface area contributed by atoms with Crippen LogP contribution < -0.4 is 10.6 Å². The molecule has 4 aliphatic heterocycles. The van der Waals surface area contributed by atoms with Gasteiger partial charge in [0.05, 0.1) is 6.10 Å². The van der Waals surface area contributed by atoms with Crippen molar-refractivity contribution in [3.8, 4) is 0 Å². The Labute approximate surface area is 231 Å². The molecular formula is C30H39ClN4O3. The lowest BCUT2D eigenvalue weighted by Crippen LogP contribution is -2.54. The fourth-order valence-corrected chi connectivity index (χ4v) is 6.91. The fraction of sp³-hybridized carbons (Fsp3) is 0.533. The van der Waals surface area contributed by atoms with Gasteiger partial charge < -0.3 is 25.5 Å². The zero-order chi connectivity index (χ0) is 25.8. The van der Waals surface area contributed by atoms with Gasteiger partial charge in [0.1, 0.15) is 0 Å². The van der Waals surface area contributed by atoms with Crippen molar-refractivity contribution in [2.24, 2.45) is 5.41 Å². The Morgan fingerprint density at radius 3 is 2.68 bits per heavy atom. The summed E-state index contributed by atoms with van der Waals surface area (Å²) in [6.07, 6.45) is 2.27. The average Bonchev–Trinajstić information content (AvgIpc) is 3.55. The predicted octanol–water partition coefficient (Wildman–Crippen LogP) is 2.74. The van der Waals surface area contributed by atoms with Gasteiger partial charge in [0, 0.05) is 67.3 Å². The number of rotatable bonds is 4. The minimum Gasteiger partial charge on any atom is -0.390 e. The first-order chi connectivity index (χ1) is 17.7. The molecule has 204 valence electrons. The highest BCUT2D eigenvalue weighted by atomic mass is 35.5. The van der Waals surface area contributed by atoms with Gasteiger partial charge in [0.25, 0.3) is 11.8 Å². The summed E-state index contributed by atoms with van der Waals surface area (Å²) in [5.41, 5.74) is 4.66. The molecule has 2 fully saturated rings. The third kappa shape index (κ3) is 4.86. The van der Waals surface area contributed by atoms with Gasteiger partial charge >= 0.3 is 0 Å². The minimum absolute atomic E-state index is 0. The Bertz CT molecular complexity index is 1230. The van der Waals surface area contributed by atoms with E-state index in [0.717, 1.165) is 57.5 Å². The van der Waals surface area contributed by atoms with Crippen LogP contribution in [0.2, 0.25) is 0 Å². The standard InChI is InChI=1S/C30H38N4O3.ClH/c1-29(2)18-34(16-26(35)25-14-20-5-3-4-6-22(20)15-32-25)28(37)23-8-7-21(13-24(23)29)27(36)33-12-10-30(19-33)9-11-31-17-30;/h3-8,13,25-26,31-32,35H,9-12,14-19H2,1-2H3;1H/t25-,26+,30?;/m0./s1. The largest absolute Gasteiger partial charge is 0.390 e. The van der Waals surface area contributed by atoms with E-state index in [4.69, 9.17) is 0 Å². The molecule has 0 saturated carbocycles. The molecule has 2 amide bonds. The molecule has 3 atom stereocenters. The van der Waals surface area contributed by atoms with Gasteiger partial charge in [-0.3, -0.25) is 9.59 Å². The SMILES string of the molecule is CC1(C)CN(C[C@@H](O)[C@@H]2Cc3ccccc3CN2)C(=O)c2ccc(C(=O)N3CCC4(CCNC4)C3)cc21.Cl. The lowest BCUT2D eigenvalue weighted by molar-refractivity contribution is 0.0444. The van der Waals surface area contributed by atoms with E-state index in [2.05, 4.69) is 36.6 Å². The lowest BCUT2D eigenvalue weighted by atomic mass is 9.77. The van der Waals surface area contributed by atoms with Gasteiger partial charge in [-0.15, -0.1) is 12.4 Å². The van der Waals surface area contributed by atoms with Gasteiger partial charge in [-0.2, -0.15) is 0 Å². The summed E-state index contributed by atoms with van der Waals surface area (Å²) in [6.45, 7) is 9.40. The molecule has 2 aromatic rings. The fourth-order valence-electron chi connectivity index (χ4n) is 6.91. The van der Waals surface area contributed by atoms with Crippen LogP contribution in [0.5, 0.6) is 0 Å². The number of β-amino-alcohol motifs (C(OH)–C–C–N with tert-alkyl or cyclic N) is 1. The summed E-state index contributed by atoms with van der Waals surface area (Å²) in [4.78, 5) is 30.7. The zero-order valence-electron chi connectivity index (χ0n) is 22.3. The van der Waals surface area contributed by atoms with Crippen molar-refractivity contribution in [3.63, 3.8) is 0 Å². The summed E-state index contributed by atoms with van der Waals surface area (Å²) >= 11 is 0. The number of hydrogen-bond donors (Lipinski definition) is 3. The van der Waals surface area contributed by atoms with Gasteiger partial charge in [0.2, 0.25) is 0 Å². The van der Waals surface area contributed by atoms with Crippen molar-refractivity contribution >= 4 is 24.2 Å². The summed E-state index contributed by atoms with van der Waals surface area (Å²) < 4.78 is 0. The second-order valence-electron chi connectivity index (χ2n) is 12.3. The number of aliphatic hydroxyl groups is 1. The number of nitrogens with zero attached hydrogens (tertiary/aromatic N) is 2. The van der Waals surface area contributed by atoms with Gasteiger partial charge in [0.15, 0.2) is 0 Å². The Balaban J connectivity index is 0.00000294. The van der Waals surface area contributed by atoms with Gasteiger partial charge in [-0.05, 0) is 60.7 Å². The molecule has 0 aromatic heterocycles. The number of benzene rings is 2. The highest BCUT2D eigenvalue weighted by Crippen LogP contribution is 2.38. The summed E-state index contributed by atoms with van der Waals surface area (Å²) in [6, 6.07) is 13.8. The number of amides is 2. The van der Waals surface area contributed by atoms with Crippen molar-refractivity contribution < 1.29 is 14.7 Å². The van der Waals surface area contributed by atoms with Crippen LogP contribution in [0.25, 0.3) is 0 Å². The zero-order valence-corrected chi connectivity index (χ0v) is 23.2. The first kappa shape index (κ1) is 27.1. The molecule has 8 heteroatoms. The van der Waals surface area contributed by atoms with E-state index in [1.54, 1.807) is 4.90 Å². The number of fused-ring (bicyclic) bond motifs is 2. The van der Waals surface area contributed by atoms with Crippen LogP contribution in [0, 0.1) is 5.41 Å². The molecule has 2 saturated heterocycles. The number of halogens is 1. The van der Waals surface area contributed by atoms with Crippen molar-refractivity contribution in [1.29, 1.82) is 0 Å². The molecule has 7 nitrogen and oxygen atoms in total. The van der Waals surface area contributed by atoms with E-state index in [-0.39, 0.29) is 47.6 Å². The van der Waals surface area contributed by atoms with E-state index in [1.165, 1.54) is 11.1 Å². The van der Waals surface area contributed by atoms with Crippen LogP contribution in [-0.4, -0.2) is 78.1 Å².